The molecule has 0 spiro atoms. The topological polar surface area (TPSA) is 72.5 Å². The number of benzene rings is 3. The number of anilines is 1. The number of amides is 2. The van der Waals surface area contributed by atoms with Crippen LogP contribution in [0.2, 0.25) is 0 Å². The number of alkyl halides is 3. The molecule has 4 rings (SSSR count). The Labute approximate surface area is 205 Å². The molecule has 36 heavy (non-hydrogen) atoms. The Morgan fingerprint density at radius 2 is 1.67 bits per heavy atom. The molecule has 1 heterocycles. The molecule has 0 saturated carbocycles. The predicted molar refractivity (Wildman–Crippen MR) is 129 cm³/mol. The Morgan fingerprint density at radius 3 is 2.36 bits per heavy atom. The van der Waals surface area contributed by atoms with Crippen LogP contribution in [0.5, 0.6) is 11.5 Å². The number of pyridine rings is 1. The molecule has 0 fully saturated rings. The highest BCUT2D eigenvalue weighted by Gasteiger charge is 2.31. The molecular formula is C27H22F3N3O3. The van der Waals surface area contributed by atoms with E-state index < -0.39 is 6.36 Å². The van der Waals surface area contributed by atoms with E-state index in [1.165, 1.54) is 18.2 Å². The van der Waals surface area contributed by atoms with Gasteiger partial charge >= 0.3 is 12.4 Å². The maximum Gasteiger partial charge on any atom is 0.573 e. The number of ether oxygens (including phenoxy) is 2. The molecule has 0 aliphatic carbocycles. The smallest absolute Gasteiger partial charge is 0.488 e. The van der Waals surface area contributed by atoms with Crippen LogP contribution < -0.4 is 20.1 Å². The summed E-state index contributed by atoms with van der Waals surface area (Å²) in [6.45, 7) is 0.440. The fourth-order valence-corrected chi connectivity index (χ4v) is 3.38. The van der Waals surface area contributed by atoms with Crippen molar-refractivity contribution in [1.29, 1.82) is 0 Å². The molecule has 2 amide bonds. The molecule has 0 bridgehead atoms. The van der Waals surface area contributed by atoms with Gasteiger partial charge in [0.05, 0.1) is 0 Å². The van der Waals surface area contributed by atoms with E-state index in [4.69, 9.17) is 4.74 Å². The minimum Gasteiger partial charge on any atom is -0.488 e. The van der Waals surface area contributed by atoms with Crippen molar-refractivity contribution in [2.24, 2.45) is 0 Å². The lowest BCUT2D eigenvalue weighted by molar-refractivity contribution is -0.274. The number of rotatable bonds is 8. The molecule has 0 aliphatic rings. The van der Waals surface area contributed by atoms with Crippen LogP contribution in [-0.2, 0) is 13.2 Å². The van der Waals surface area contributed by atoms with Crippen molar-refractivity contribution in [3.05, 3.63) is 108 Å². The van der Waals surface area contributed by atoms with Crippen LogP contribution in [0.25, 0.3) is 11.1 Å². The van der Waals surface area contributed by atoms with Crippen LogP contribution in [0.3, 0.4) is 0 Å². The van der Waals surface area contributed by atoms with E-state index in [2.05, 4.69) is 20.4 Å². The second-order valence-corrected chi connectivity index (χ2v) is 7.73. The van der Waals surface area contributed by atoms with Gasteiger partial charge in [0.1, 0.15) is 18.1 Å². The minimum absolute atomic E-state index is 0.1000. The Balaban J connectivity index is 1.40. The number of carbonyl (C=O) groups excluding carboxylic acids is 1. The molecule has 184 valence electrons. The summed E-state index contributed by atoms with van der Waals surface area (Å²) in [6, 6.07) is 23.4. The summed E-state index contributed by atoms with van der Waals surface area (Å²) < 4.78 is 48.1. The number of halogens is 3. The standard InChI is InChI=1S/C27H22F3N3O3/c28-27(29,30)36-23-12-13-24(21-6-2-1-3-7-21)25(15-23)35-18-19-8-10-22(11-9-19)33-26(34)32-17-20-5-4-14-31-16-20/h1-16H,17-18H2,(H2,32,33,34). The van der Waals surface area contributed by atoms with Crippen molar-refractivity contribution in [3.8, 4) is 22.6 Å². The first kappa shape index (κ1) is 24.6. The maximum atomic E-state index is 12.7. The van der Waals surface area contributed by atoms with Gasteiger partial charge in [0, 0.05) is 36.3 Å². The Bertz CT molecular complexity index is 1280. The zero-order valence-electron chi connectivity index (χ0n) is 19.0. The average molecular weight is 493 g/mol. The molecule has 6 nitrogen and oxygen atoms in total. The first-order chi connectivity index (χ1) is 17.4. The van der Waals surface area contributed by atoms with Gasteiger partial charge < -0.3 is 20.1 Å². The number of urea groups is 1. The number of hydrogen-bond acceptors (Lipinski definition) is 4. The third kappa shape index (κ3) is 7.23. The van der Waals surface area contributed by atoms with Crippen molar-refractivity contribution in [3.63, 3.8) is 0 Å². The van der Waals surface area contributed by atoms with Gasteiger partial charge in [-0.2, -0.15) is 0 Å². The van der Waals surface area contributed by atoms with Crippen molar-refractivity contribution in [2.45, 2.75) is 19.5 Å². The van der Waals surface area contributed by atoms with Crippen LogP contribution in [0.4, 0.5) is 23.7 Å². The number of hydrogen-bond donors (Lipinski definition) is 2. The van der Waals surface area contributed by atoms with Gasteiger partial charge in [-0.25, -0.2) is 4.79 Å². The minimum atomic E-state index is -4.81. The fraction of sp³-hybridized carbons (Fsp3) is 0.111. The van der Waals surface area contributed by atoms with Gasteiger partial charge in [-0.3, -0.25) is 4.98 Å². The van der Waals surface area contributed by atoms with Crippen LogP contribution in [0, 0.1) is 0 Å². The molecule has 4 aromatic rings. The van der Waals surface area contributed by atoms with Crippen molar-refractivity contribution < 1.29 is 27.4 Å². The normalized spacial score (nSPS) is 11.0. The molecule has 0 radical (unpaired) electrons. The second-order valence-electron chi connectivity index (χ2n) is 7.73. The molecular weight excluding hydrogens is 471 g/mol. The fourth-order valence-electron chi connectivity index (χ4n) is 3.38. The molecule has 1 aromatic heterocycles. The molecule has 0 atom stereocenters. The lowest BCUT2D eigenvalue weighted by atomic mass is 10.0. The summed E-state index contributed by atoms with van der Waals surface area (Å²) >= 11 is 0. The number of carbonyl (C=O) groups is 1. The molecule has 2 N–H and O–H groups in total. The van der Waals surface area contributed by atoms with Gasteiger partial charge in [0.15, 0.2) is 0 Å². The molecule has 3 aromatic carbocycles. The van der Waals surface area contributed by atoms with Crippen molar-refractivity contribution in [1.82, 2.24) is 10.3 Å². The number of nitrogens with zero attached hydrogens (tertiary/aromatic N) is 1. The predicted octanol–water partition coefficient (Wildman–Crippen LogP) is 6.55. The van der Waals surface area contributed by atoms with E-state index in [9.17, 15) is 18.0 Å². The zero-order valence-corrected chi connectivity index (χ0v) is 19.0. The second kappa shape index (κ2) is 11.3. The summed E-state index contributed by atoms with van der Waals surface area (Å²) in [7, 11) is 0. The van der Waals surface area contributed by atoms with E-state index in [0.717, 1.165) is 16.7 Å². The van der Waals surface area contributed by atoms with Gasteiger partial charge in [-0.15, -0.1) is 13.2 Å². The van der Waals surface area contributed by atoms with E-state index >= 15 is 0 Å². The largest absolute Gasteiger partial charge is 0.573 e. The third-order valence-corrected chi connectivity index (χ3v) is 5.05. The Kier molecular flexibility index (Phi) is 7.69. The molecule has 0 unspecified atom stereocenters. The summed E-state index contributed by atoms with van der Waals surface area (Å²) in [6.07, 6.45) is -1.48. The highest BCUT2D eigenvalue weighted by atomic mass is 19.4. The first-order valence-electron chi connectivity index (χ1n) is 11.0. The van der Waals surface area contributed by atoms with Gasteiger partial charge in [0.2, 0.25) is 0 Å². The van der Waals surface area contributed by atoms with Crippen LogP contribution in [0.15, 0.2) is 97.3 Å². The van der Waals surface area contributed by atoms with E-state index in [1.54, 1.807) is 42.7 Å². The first-order valence-corrected chi connectivity index (χ1v) is 11.0. The summed E-state index contributed by atoms with van der Waals surface area (Å²) in [5.74, 6) is -0.117. The Hall–Kier alpha value is -4.53. The van der Waals surface area contributed by atoms with E-state index in [-0.39, 0.29) is 24.1 Å². The summed E-state index contributed by atoms with van der Waals surface area (Å²) in [5.41, 5.74) is 3.64. The van der Waals surface area contributed by atoms with E-state index in [1.807, 2.05) is 36.4 Å². The summed E-state index contributed by atoms with van der Waals surface area (Å²) in [4.78, 5) is 16.1. The SMILES string of the molecule is O=C(NCc1cccnc1)Nc1ccc(COc2cc(OC(F)(F)F)ccc2-c2ccccc2)cc1. The molecule has 9 heteroatoms. The third-order valence-electron chi connectivity index (χ3n) is 5.05. The Morgan fingerprint density at radius 1 is 0.889 bits per heavy atom. The number of aromatic nitrogens is 1. The lowest BCUT2D eigenvalue weighted by Crippen LogP contribution is -2.28. The van der Waals surface area contributed by atoms with Gasteiger partial charge in [-0.05, 0) is 47.0 Å². The highest BCUT2D eigenvalue weighted by Crippen LogP contribution is 2.35. The van der Waals surface area contributed by atoms with Gasteiger partial charge in [-0.1, -0.05) is 48.5 Å². The average Bonchev–Trinajstić information content (AvgIpc) is 2.87. The number of nitrogens with one attached hydrogen (secondary N) is 2. The summed E-state index contributed by atoms with van der Waals surface area (Å²) in [5, 5.41) is 5.48. The van der Waals surface area contributed by atoms with Crippen molar-refractivity contribution >= 4 is 11.7 Å². The molecule has 0 saturated heterocycles. The quantitative estimate of drug-likeness (QED) is 0.292. The van der Waals surface area contributed by atoms with Crippen LogP contribution in [-0.4, -0.2) is 17.4 Å². The van der Waals surface area contributed by atoms with Gasteiger partial charge in [0.25, 0.3) is 0 Å². The lowest BCUT2D eigenvalue weighted by Gasteiger charge is -2.15. The zero-order chi connectivity index (χ0) is 25.4. The molecule has 0 aliphatic heterocycles. The maximum absolute atomic E-state index is 12.7. The monoisotopic (exact) mass is 493 g/mol. The highest BCUT2D eigenvalue weighted by molar-refractivity contribution is 5.89. The van der Waals surface area contributed by atoms with Crippen molar-refractivity contribution in [2.75, 3.05) is 5.32 Å². The van der Waals surface area contributed by atoms with Crippen LogP contribution in [0.1, 0.15) is 11.1 Å². The van der Waals surface area contributed by atoms with Crippen LogP contribution >= 0.6 is 0 Å². The van der Waals surface area contributed by atoms with E-state index in [0.29, 0.717) is 17.8 Å².